The lowest BCUT2D eigenvalue weighted by atomic mass is 10.1. The van der Waals surface area contributed by atoms with Gasteiger partial charge in [0.15, 0.2) is 16.6 Å². The van der Waals surface area contributed by atoms with Crippen LogP contribution in [0.2, 0.25) is 10.2 Å². The summed E-state index contributed by atoms with van der Waals surface area (Å²) >= 11 is 11.7. The maximum atomic E-state index is 13.2. The van der Waals surface area contributed by atoms with Gasteiger partial charge in [0.25, 0.3) is 11.8 Å². The normalized spacial score (nSPS) is 11.7. The molecule has 0 spiro atoms. The topological polar surface area (TPSA) is 113 Å². The van der Waals surface area contributed by atoms with Crippen LogP contribution < -0.4 is 10.6 Å². The minimum Gasteiger partial charge on any atom is -0.504 e. The Morgan fingerprint density at radius 3 is 2.31 bits per heavy atom. The molecular formula is C26H19Cl2F3N4O4. The summed E-state index contributed by atoms with van der Waals surface area (Å²) in [7, 11) is 0. The Kier molecular flexibility index (Phi) is 9.33. The number of nitrogens with one attached hydrogen (secondary N) is 2. The fourth-order valence-corrected chi connectivity index (χ4v) is 3.60. The van der Waals surface area contributed by atoms with Gasteiger partial charge in [0.1, 0.15) is 11.5 Å². The minimum atomic E-state index is -4.99. The van der Waals surface area contributed by atoms with Crippen LogP contribution in [0.15, 0.2) is 85.2 Å². The Balaban J connectivity index is 1.96. The van der Waals surface area contributed by atoms with Gasteiger partial charge < -0.3 is 20.5 Å². The van der Waals surface area contributed by atoms with Crippen LogP contribution in [-0.4, -0.2) is 39.8 Å². The molecular weight excluding hydrogens is 560 g/mol. The molecule has 39 heavy (non-hydrogen) atoms. The van der Waals surface area contributed by atoms with Crippen LogP contribution in [-0.2, 0) is 4.74 Å². The average molecular weight is 579 g/mol. The zero-order valence-electron chi connectivity index (χ0n) is 19.9. The monoisotopic (exact) mass is 578 g/mol. The highest BCUT2D eigenvalue weighted by atomic mass is 35.5. The molecule has 8 nitrogen and oxygen atoms in total. The Morgan fingerprint density at radius 1 is 1.03 bits per heavy atom. The van der Waals surface area contributed by atoms with Crippen molar-refractivity contribution in [2.45, 2.75) is 6.36 Å². The van der Waals surface area contributed by atoms with E-state index in [1.807, 2.05) is 0 Å². The summed E-state index contributed by atoms with van der Waals surface area (Å²) in [5, 5.41) is 14.0. The molecule has 0 fully saturated rings. The Labute approximate surface area is 230 Å². The first kappa shape index (κ1) is 29.2. The molecule has 1 aromatic carbocycles. The van der Waals surface area contributed by atoms with E-state index in [4.69, 9.17) is 23.2 Å². The first-order valence-electron chi connectivity index (χ1n) is 10.9. The second-order valence-electron chi connectivity index (χ2n) is 7.57. The van der Waals surface area contributed by atoms with Crippen molar-refractivity contribution in [1.29, 1.82) is 0 Å². The van der Waals surface area contributed by atoms with E-state index in [9.17, 15) is 27.9 Å². The van der Waals surface area contributed by atoms with Gasteiger partial charge in [0.2, 0.25) is 0 Å². The molecule has 3 aromatic rings. The van der Waals surface area contributed by atoms with Gasteiger partial charge in [-0.15, -0.1) is 13.2 Å². The van der Waals surface area contributed by atoms with Gasteiger partial charge in [-0.1, -0.05) is 72.8 Å². The van der Waals surface area contributed by atoms with E-state index in [-0.39, 0.29) is 27.7 Å². The summed E-state index contributed by atoms with van der Waals surface area (Å²) in [6.45, 7) is 6.31. The highest BCUT2D eigenvalue weighted by Gasteiger charge is 2.32. The number of halogens is 5. The molecule has 0 atom stereocenters. The summed E-state index contributed by atoms with van der Waals surface area (Å²) in [6, 6.07) is 12.8. The van der Waals surface area contributed by atoms with E-state index in [1.165, 1.54) is 6.07 Å². The molecule has 0 aliphatic heterocycles. The number of nitrogens with zero attached hydrogens (tertiary/aromatic N) is 2. The quantitative estimate of drug-likeness (QED) is 0.156. The number of allylic oxidation sites excluding steroid dienone is 1. The average Bonchev–Trinajstić information content (AvgIpc) is 2.90. The second-order valence-corrected chi connectivity index (χ2v) is 8.33. The molecule has 2 heterocycles. The van der Waals surface area contributed by atoms with Crippen LogP contribution >= 0.6 is 23.2 Å². The lowest BCUT2D eigenvalue weighted by Gasteiger charge is -2.15. The number of aromatic hydroxyl groups is 1. The van der Waals surface area contributed by atoms with Crippen LogP contribution in [0.1, 0.15) is 21.0 Å². The number of amides is 2. The molecule has 0 bridgehead atoms. The van der Waals surface area contributed by atoms with Gasteiger partial charge in [0.05, 0.1) is 16.4 Å². The Bertz CT molecular complexity index is 1440. The lowest BCUT2D eigenvalue weighted by molar-refractivity contribution is -0.303. The van der Waals surface area contributed by atoms with E-state index in [2.05, 4.69) is 38.5 Å². The first-order chi connectivity index (χ1) is 18.4. The van der Waals surface area contributed by atoms with E-state index in [0.717, 1.165) is 18.2 Å². The zero-order chi connectivity index (χ0) is 28.7. The summed E-state index contributed by atoms with van der Waals surface area (Å²) in [5.74, 6) is -2.83. The number of rotatable bonds is 9. The number of carbonyl (C=O) groups is 2. The van der Waals surface area contributed by atoms with Crippen LogP contribution in [0.25, 0.3) is 11.3 Å². The van der Waals surface area contributed by atoms with Gasteiger partial charge in [-0.25, -0.2) is 9.97 Å². The van der Waals surface area contributed by atoms with Crippen LogP contribution in [0, 0.1) is 0 Å². The van der Waals surface area contributed by atoms with Gasteiger partial charge in [-0.05, 0) is 24.3 Å². The van der Waals surface area contributed by atoms with E-state index < -0.39 is 41.4 Å². The molecule has 0 saturated heterocycles. The number of ether oxygens (including phenoxy) is 1. The number of alkyl halides is 3. The van der Waals surface area contributed by atoms with Gasteiger partial charge in [0, 0.05) is 17.7 Å². The number of aromatic nitrogens is 2. The number of pyridine rings is 2. The predicted molar refractivity (Wildman–Crippen MR) is 140 cm³/mol. The molecule has 0 unspecified atom stereocenters. The maximum Gasteiger partial charge on any atom is 0.573 e. The molecule has 202 valence electrons. The lowest BCUT2D eigenvalue weighted by Crippen LogP contribution is -2.29. The van der Waals surface area contributed by atoms with E-state index in [1.54, 1.807) is 36.4 Å². The fraction of sp³-hybridized carbons (Fsp3) is 0.0769. The Hall–Kier alpha value is -4.35. The van der Waals surface area contributed by atoms with Crippen LogP contribution in [0.3, 0.4) is 0 Å². The SMILES string of the molecule is C=C/C(CNC(=O)c1nc(-c2ccccc2)ccc1NC(=O)c1cc(Cl)c(O)c(Cl)n1)=C(\C=C)OC(F)(F)F. The summed E-state index contributed by atoms with van der Waals surface area (Å²) in [4.78, 5) is 34.1. The van der Waals surface area contributed by atoms with Gasteiger partial charge in [-0.3, -0.25) is 9.59 Å². The first-order valence-corrected chi connectivity index (χ1v) is 11.6. The van der Waals surface area contributed by atoms with Crippen molar-refractivity contribution in [3.05, 3.63) is 107 Å². The van der Waals surface area contributed by atoms with Gasteiger partial charge in [-0.2, -0.15) is 0 Å². The van der Waals surface area contributed by atoms with E-state index >= 15 is 0 Å². The summed E-state index contributed by atoms with van der Waals surface area (Å²) < 4.78 is 42.1. The largest absolute Gasteiger partial charge is 0.573 e. The van der Waals surface area contributed by atoms with Crippen molar-refractivity contribution in [2.75, 3.05) is 11.9 Å². The maximum absolute atomic E-state index is 13.2. The molecule has 0 aliphatic carbocycles. The second kappa shape index (κ2) is 12.5. The van der Waals surface area contributed by atoms with Crippen LogP contribution in [0.5, 0.6) is 5.75 Å². The van der Waals surface area contributed by atoms with Crippen molar-refractivity contribution < 1.29 is 32.6 Å². The summed E-state index contributed by atoms with van der Waals surface area (Å²) in [6.07, 6.45) is -3.08. The molecule has 3 rings (SSSR count). The number of benzene rings is 1. The van der Waals surface area contributed by atoms with E-state index in [0.29, 0.717) is 11.3 Å². The number of carbonyl (C=O) groups excluding carboxylic acids is 2. The van der Waals surface area contributed by atoms with Crippen molar-refractivity contribution >= 4 is 40.7 Å². The zero-order valence-corrected chi connectivity index (χ0v) is 21.4. The van der Waals surface area contributed by atoms with Crippen LogP contribution in [0.4, 0.5) is 18.9 Å². The highest BCUT2D eigenvalue weighted by molar-refractivity contribution is 6.36. The number of hydrogen-bond acceptors (Lipinski definition) is 6. The number of anilines is 1. The smallest absolute Gasteiger partial charge is 0.504 e. The molecule has 2 amide bonds. The van der Waals surface area contributed by atoms with Gasteiger partial charge >= 0.3 is 6.36 Å². The highest BCUT2D eigenvalue weighted by Crippen LogP contribution is 2.31. The predicted octanol–water partition coefficient (Wildman–Crippen LogP) is 6.30. The number of hydrogen-bond donors (Lipinski definition) is 3. The fourth-order valence-electron chi connectivity index (χ4n) is 3.17. The summed E-state index contributed by atoms with van der Waals surface area (Å²) in [5.41, 5.74) is 0.331. The van der Waals surface area contributed by atoms with Crippen molar-refractivity contribution in [3.63, 3.8) is 0 Å². The molecule has 2 aromatic heterocycles. The van der Waals surface area contributed by atoms with Crippen molar-refractivity contribution in [2.24, 2.45) is 0 Å². The van der Waals surface area contributed by atoms with Crippen molar-refractivity contribution in [1.82, 2.24) is 15.3 Å². The standard InChI is InChI=1S/C26H19Cl2F3N4O4/c1-3-14(20(4-2)39-26(29,30)31)13-32-25(38)21-18(11-10-17(33-21)15-8-6-5-7-9-15)35-24(37)19-12-16(27)22(36)23(28)34-19/h3-12,36H,1-2,13H2,(H,32,38)(H,35,37)/b20-14-. The third-order valence-electron chi connectivity index (χ3n) is 4.98. The Morgan fingerprint density at radius 2 is 1.72 bits per heavy atom. The molecule has 13 heteroatoms. The van der Waals surface area contributed by atoms with Crippen molar-refractivity contribution in [3.8, 4) is 17.0 Å². The minimum absolute atomic E-state index is 0.0566. The molecule has 0 saturated carbocycles. The molecule has 3 N–H and O–H groups in total. The molecule has 0 radical (unpaired) electrons. The third kappa shape index (κ3) is 7.59. The molecule has 0 aliphatic rings. The third-order valence-corrected chi connectivity index (χ3v) is 5.53.